The summed E-state index contributed by atoms with van der Waals surface area (Å²) in [4.78, 5) is 165. The van der Waals surface area contributed by atoms with Crippen LogP contribution >= 0.6 is 0 Å². The highest BCUT2D eigenvalue weighted by molar-refractivity contribution is 5.71. The van der Waals surface area contributed by atoms with Crippen molar-refractivity contribution in [2.75, 3.05) is 26.4 Å². The van der Waals surface area contributed by atoms with Crippen molar-refractivity contribution in [3.63, 3.8) is 0 Å². The molecule has 0 aromatic carbocycles. The van der Waals surface area contributed by atoms with Crippen LogP contribution in [0.25, 0.3) is 0 Å². The number of rotatable bonds is 23. The van der Waals surface area contributed by atoms with E-state index in [4.69, 9.17) is 94.7 Å². The van der Waals surface area contributed by atoms with Crippen molar-refractivity contribution in [3.05, 3.63) is 0 Å². The van der Waals surface area contributed by atoms with Gasteiger partial charge in [0.1, 0.15) is 56.4 Å². The van der Waals surface area contributed by atoms with Crippen molar-refractivity contribution in [2.45, 2.75) is 213 Å². The van der Waals surface area contributed by atoms with Gasteiger partial charge in [0.15, 0.2) is 86.2 Å². The molecule has 0 bridgehead atoms. The first-order valence-electron chi connectivity index (χ1n) is 25.6. The highest BCUT2D eigenvalue weighted by atomic mass is 16.8. The molecule has 0 radical (unpaired) electrons. The van der Waals surface area contributed by atoms with Crippen LogP contribution in [0.5, 0.6) is 0 Å². The Kier molecular flexibility index (Phi) is 26.1. The lowest BCUT2D eigenvalue weighted by Crippen LogP contribution is -2.69. The van der Waals surface area contributed by atoms with Crippen LogP contribution in [0.3, 0.4) is 0 Å². The molecule has 34 nitrogen and oxygen atoms in total. The second-order valence-corrected chi connectivity index (χ2v) is 18.9. The highest BCUT2D eigenvalue weighted by Crippen LogP contribution is 2.39. The molecular weight excluding hydrogens is 1140 g/mol. The molecule has 20 atom stereocenters. The predicted molar refractivity (Wildman–Crippen MR) is 258 cm³/mol. The molecule has 4 rings (SSSR count). The Morgan fingerprint density at radius 1 is 0.262 bits per heavy atom. The van der Waals surface area contributed by atoms with Gasteiger partial charge in [-0.05, 0) is 0 Å². The van der Waals surface area contributed by atoms with Crippen LogP contribution in [0.1, 0.15) is 90.0 Å². The lowest BCUT2D eigenvalue weighted by atomic mass is 9.95. The topological polar surface area (TPSA) is 427 Å². The molecule has 4 aliphatic rings. The summed E-state index contributed by atoms with van der Waals surface area (Å²) in [7, 11) is 0. The van der Waals surface area contributed by atoms with Gasteiger partial charge in [-0.2, -0.15) is 0 Å². The van der Waals surface area contributed by atoms with Crippen LogP contribution in [0.4, 0.5) is 0 Å². The van der Waals surface area contributed by atoms with Gasteiger partial charge in [-0.25, -0.2) is 0 Å². The average molecular weight is 1210 g/mol. The van der Waals surface area contributed by atoms with Crippen molar-refractivity contribution in [3.8, 4) is 0 Å². The number of aliphatic hydroxyl groups is 1. The molecule has 4 aliphatic heterocycles. The van der Waals surface area contributed by atoms with E-state index in [0.29, 0.717) is 0 Å². The zero-order valence-corrected chi connectivity index (χ0v) is 47.8. The van der Waals surface area contributed by atoms with E-state index >= 15 is 0 Å². The fraction of sp³-hybridized carbons (Fsp3) is 0.740. The Bertz CT molecular complexity index is 2410. The standard InChI is InChI=1S/C50H68O34/c1-18(51)65-14-31-37(39(71-23(6)56)43(47(64)79-31)75-27(10)60)83-50-46(78-30(13)63)42(74-26(9)59)38(33(81-50)16-67-20(3)53)84-49-45(77-29(12)62)41(73-25(8)58)36(70-22(5)55)34(82-49)17-68-48-44(76-28(11)61)40(72-24(7)57)35(69-21(4)54)32(80-48)15-66-19(2)52/h31-50,64H,14-17H2,1-13H3/t31-,32-,33-,34-,35-,36-,37-,38-,39+,40+,41+,42+,43-,44-,45-,46-,47+,48-,49+,50+/m1/s1. The average Bonchev–Trinajstić information content (AvgIpc) is 1.54. The lowest BCUT2D eigenvalue weighted by molar-refractivity contribution is -0.380. The van der Waals surface area contributed by atoms with Crippen LogP contribution in [-0.4, -0.2) is 232 Å². The molecule has 4 heterocycles. The van der Waals surface area contributed by atoms with Crippen molar-refractivity contribution >= 4 is 77.6 Å². The van der Waals surface area contributed by atoms with Crippen LogP contribution in [0.2, 0.25) is 0 Å². The fourth-order valence-electron chi connectivity index (χ4n) is 9.09. The summed E-state index contributed by atoms with van der Waals surface area (Å²) in [6.45, 7) is 8.94. The van der Waals surface area contributed by atoms with E-state index in [-0.39, 0.29) is 0 Å². The molecule has 0 aromatic rings. The molecule has 472 valence electrons. The number of carbonyl (C=O) groups excluding carboxylic acids is 13. The first-order valence-corrected chi connectivity index (χ1v) is 25.6. The molecule has 0 aromatic heterocycles. The monoisotopic (exact) mass is 1210 g/mol. The minimum atomic E-state index is -2.21. The third-order valence-corrected chi connectivity index (χ3v) is 11.8. The van der Waals surface area contributed by atoms with Crippen molar-refractivity contribution in [2.24, 2.45) is 0 Å². The van der Waals surface area contributed by atoms with Crippen molar-refractivity contribution in [1.82, 2.24) is 0 Å². The zero-order valence-electron chi connectivity index (χ0n) is 47.8. The Balaban J connectivity index is 1.95. The molecule has 4 saturated heterocycles. The van der Waals surface area contributed by atoms with E-state index in [1.54, 1.807) is 0 Å². The lowest BCUT2D eigenvalue weighted by Gasteiger charge is -2.50. The molecule has 84 heavy (non-hydrogen) atoms. The van der Waals surface area contributed by atoms with Crippen molar-refractivity contribution < 1.29 is 162 Å². The number of hydrogen-bond acceptors (Lipinski definition) is 34. The summed E-state index contributed by atoms with van der Waals surface area (Å²) in [5.74, 6) is -13.4. The second-order valence-electron chi connectivity index (χ2n) is 18.9. The quantitative estimate of drug-likeness (QED) is 0.0828. The van der Waals surface area contributed by atoms with Crippen LogP contribution in [0, 0.1) is 0 Å². The predicted octanol–water partition coefficient (Wildman–Crippen LogP) is -2.33. The molecule has 4 fully saturated rings. The summed E-state index contributed by atoms with van der Waals surface area (Å²) in [6, 6.07) is 0. The zero-order chi connectivity index (χ0) is 63.0. The summed E-state index contributed by atoms with van der Waals surface area (Å²) >= 11 is 0. The number of carbonyl (C=O) groups is 13. The van der Waals surface area contributed by atoms with Gasteiger partial charge >= 0.3 is 77.6 Å². The van der Waals surface area contributed by atoms with Gasteiger partial charge in [0.2, 0.25) is 0 Å². The van der Waals surface area contributed by atoms with Gasteiger partial charge in [-0.3, -0.25) is 62.3 Å². The van der Waals surface area contributed by atoms with Gasteiger partial charge in [-0.1, -0.05) is 0 Å². The molecular formula is C50H68O34. The number of ether oxygens (including phenoxy) is 20. The van der Waals surface area contributed by atoms with E-state index < -0.39 is 227 Å². The maximum absolute atomic E-state index is 13.2. The van der Waals surface area contributed by atoms with Crippen LogP contribution in [-0.2, 0) is 157 Å². The Morgan fingerprint density at radius 2 is 0.488 bits per heavy atom. The molecule has 0 unspecified atom stereocenters. The normalized spacial score (nSPS) is 32.7. The first-order chi connectivity index (χ1) is 39.3. The molecule has 1 N–H and O–H groups in total. The van der Waals surface area contributed by atoms with Gasteiger partial charge in [0.05, 0.1) is 6.61 Å². The van der Waals surface area contributed by atoms with Crippen LogP contribution in [0.15, 0.2) is 0 Å². The minimum absolute atomic E-state index is 0.697. The molecule has 0 amide bonds. The second kappa shape index (κ2) is 31.6. The smallest absolute Gasteiger partial charge is 0.303 e. The van der Waals surface area contributed by atoms with Gasteiger partial charge in [-0.15, -0.1) is 0 Å². The summed E-state index contributed by atoms with van der Waals surface area (Å²) in [5, 5.41) is 11.0. The molecule has 34 heteroatoms. The first kappa shape index (κ1) is 69.3. The van der Waals surface area contributed by atoms with Gasteiger partial charge in [0, 0.05) is 90.0 Å². The van der Waals surface area contributed by atoms with Gasteiger partial charge < -0.3 is 99.8 Å². The third kappa shape index (κ3) is 20.5. The third-order valence-electron chi connectivity index (χ3n) is 11.8. The molecule has 0 saturated carbocycles. The largest absolute Gasteiger partial charge is 0.463 e. The maximum Gasteiger partial charge on any atom is 0.303 e. The van der Waals surface area contributed by atoms with E-state index in [2.05, 4.69) is 0 Å². The van der Waals surface area contributed by atoms with E-state index in [9.17, 15) is 67.4 Å². The van der Waals surface area contributed by atoms with E-state index in [1.165, 1.54) is 0 Å². The SMILES string of the molecule is CC(=O)OC[C@H]1O[C@H](O)[C@H](OC(C)=O)[C@@H](OC(C)=O)[C@@H]1O[C@@H]1O[C@H](COC(C)=O)[C@@H](O[C@@H]2O[C@H](CO[C@@H]3O[C@H](COC(C)=O)[C@@H](OC(C)=O)[C@H](OC(C)=O)[C@H]3OC(C)=O)[C@@H](OC(C)=O)[C@H](OC(C)=O)[C@H]2OC(C)=O)[C@H](OC(C)=O)[C@H]1OC(C)=O. The van der Waals surface area contributed by atoms with Crippen molar-refractivity contribution in [1.29, 1.82) is 0 Å². The summed E-state index contributed by atoms with van der Waals surface area (Å²) in [6.07, 6.45) is -38.3. The van der Waals surface area contributed by atoms with Gasteiger partial charge in [0.25, 0.3) is 0 Å². The number of esters is 13. The Morgan fingerprint density at radius 3 is 0.810 bits per heavy atom. The summed E-state index contributed by atoms with van der Waals surface area (Å²) < 4.78 is 114. The fourth-order valence-corrected chi connectivity index (χ4v) is 9.09. The Hall–Kier alpha value is -7.21. The minimum Gasteiger partial charge on any atom is -0.463 e. The summed E-state index contributed by atoms with van der Waals surface area (Å²) in [5.41, 5.74) is 0. The molecule has 0 aliphatic carbocycles. The Labute approximate surface area is 478 Å². The molecule has 0 spiro atoms. The van der Waals surface area contributed by atoms with E-state index in [1.807, 2.05) is 0 Å². The highest BCUT2D eigenvalue weighted by Gasteiger charge is 2.61. The van der Waals surface area contributed by atoms with Crippen LogP contribution < -0.4 is 0 Å². The number of hydrogen-bond donors (Lipinski definition) is 1. The van der Waals surface area contributed by atoms with E-state index in [0.717, 1.165) is 90.0 Å². The number of aliphatic hydroxyl groups excluding tert-OH is 1. The maximum atomic E-state index is 13.2.